The summed E-state index contributed by atoms with van der Waals surface area (Å²) >= 11 is 0. The molecule has 1 heteroatoms. The molecule has 1 aromatic rings. The third-order valence-electron chi connectivity index (χ3n) is 3.43. The van der Waals surface area contributed by atoms with Crippen LogP contribution in [0.15, 0.2) is 35.9 Å². The van der Waals surface area contributed by atoms with Gasteiger partial charge in [-0.15, -0.1) is 0 Å². The molecule has 1 aliphatic rings. The number of hydrogen-bond acceptors (Lipinski definition) is 1. The van der Waals surface area contributed by atoms with E-state index in [0.29, 0.717) is 12.2 Å². The fourth-order valence-electron chi connectivity index (χ4n) is 2.52. The van der Waals surface area contributed by atoms with Crippen molar-refractivity contribution in [3.63, 3.8) is 0 Å². The van der Waals surface area contributed by atoms with E-state index in [1.807, 2.05) is 18.2 Å². The second-order valence-electron chi connectivity index (χ2n) is 4.72. The molecular formula is C16H20O. The molecule has 0 fully saturated rings. The van der Waals surface area contributed by atoms with Gasteiger partial charge in [0.15, 0.2) is 5.78 Å². The van der Waals surface area contributed by atoms with E-state index in [1.165, 1.54) is 24.8 Å². The Morgan fingerprint density at radius 2 is 1.82 bits per heavy atom. The lowest BCUT2D eigenvalue weighted by atomic mass is 9.98. The van der Waals surface area contributed by atoms with Gasteiger partial charge in [0.05, 0.1) is 0 Å². The summed E-state index contributed by atoms with van der Waals surface area (Å²) in [6.45, 7) is 2.21. The van der Waals surface area contributed by atoms with Crippen molar-refractivity contribution in [2.45, 2.75) is 45.4 Å². The van der Waals surface area contributed by atoms with Crippen LogP contribution in [0.2, 0.25) is 0 Å². The molecule has 0 N–H and O–H groups in total. The van der Waals surface area contributed by atoms with Gasteiger partial charge in [-0.3, -0.25) is 4.79 Å². The summed E-state index contributed by atoms with van der Waals surface area (Å²) in [5.41, 5.74) is 3.51. The van der Waals surface area contributed by atoms with Crippen molar-refractivity contribution in [3.05, 3.63) is 41.5 Å². The van der Waals surface area contributed by atoms with Crippen molar-refractivity contribution < 1.29 is 4.79 Å². The standard InChI is InChI=1S/C16H20O/c1-2-3-5-8-14-11-12-15(17)16(14)13-9-6-4-7-10-13/h4,6-7,9-10H,2-3,5,8,11-12H2,1H3. The van der Waals surface area contributed by atoms with Crippen LogP contribution in [0.5, 0.6) is 0 Å². The molecule has 90 valence electrons. The topological polar surface area (TPSA) is 17.1 Å². The lowest BCUT2D eigenvalue weighted by Gasteiger charge is -2.06. The highest BCUT2D eigenvalue weighted by atomic mass is 16.1. The largest absolute Gasteiger partial charge is 0.294 e. The number of carbonyl (C=O) groups excluding carboxylic acids is 1. The van der Waals surface area contributed by atoms with Crippen LogP contribution >= 0.6 is 0 Å². The Kier molecular flexibility index (Phi) is 4.13. The van der Waals surface area contributed by atoms with Crippen LogP contribution in [0.1, 0.15) is 51.0 Å². The summed E-state index contributed by atoms with van der Waals surface area (Å²) in [5, 5.41) is 0. The van der Waals surface area contributed by atoms with E-state index in [2.05, 4.69) is 19.1 Å². The Morgan fingerprint density at radius 1 is 1.06 bits per heavy atom. The van der Waals surface area contributed by atoms with Crippen molar-refractivity contribution in [2.75, 3.05) is 0 Å². The fourth-order valence-corrected chi connectivity index (χ4v) is 2.52. The minimum Gasteiger partial charge on any atom is -0.294 e. The van der Waals surface area contributed by atoms with Crippen molar-refractivity contribution in [1.82, 2.24) is 0 Å². The van der Waals surface area contributed by atoms with Crippen molar-refractivity contribution >= 4 is 11.4 Å². The van der Waals surface area contributed by atoms with Crippen LogP contribution in [0.4, 0.5) is 0 Å². The minimum absolute atomic E-state index is 0.336. The summed E-state index contributed by atoms with van der Waals surface area (Å²) in [7, 11) is 0. The molecule has 0 atom stereocenters. The Morgan fingerprint density at radius 3 is 2.53 bits per heavy atom. The quantitative estimate of drug-likeness (QED) is 0.683. The van der Waals surface area contributed by atoms with E-state index in [4.69, 9.17) is 0 Å². The number of Topliss-reactive ketones (excluding diaryl/α,β-unsaturated/α-hetero) is 1. The summed E-state index contributed by atoms with van der Waals surface area (Å²) in [6.07, 6.45) is 6.51. The lowest BCUT2D eigenvalue weighted by Crippen LogP contribution is -1.95. The molecule has 0 unspecified atom stereocenters. The predicted molar refractivity (Wildman–Crippen MR) is 71.7 cm³/mol. The van der Waals surface area contributed by atoms with Gasteiger partial charge in [-0.2, -0.15) is 0 Å². The van der Waals surface area contributed by atoms with E-state index in [1.54, 1.807) is 0 Å². The summed E-state index contributed by atoms with van der Waals surface area (Å²) in [5.74, 6) is 0.336. The second kappa shape index (κ2) is 5.81. The molecule has 0 spiro atoms. The van der Waals surface area contributed by atoms with E-state index >= 15 is 0 Å². The average molecular weight is 228 g/mol. The van der Waals surface area contributed by atoms with Crippen LogP contribution in [0.3, 0.4) is 0 Å². The molecular weight excluding hydrogens is 208 g/mol. The zero-order chi connectivity index (χ0) is 12.1. The van der Waals surface area contributed by atoms with Crippen molar-refractivity contribution in [1.29, 1.82) is 0 Å². The predicted octanol–water partition coefficient (Wildman–Crippen LogP) is 4.38. The molecule has 0 saturated carbocycles. The number of hydrogen-bond donors (Lipinski definition) is 0. The first-order valence-electron chi connectivity index (χ1n) is 6.63. The normalized spacial score (nSPS) is 15.7. The number of ketones is 1. The maximum atomic E-state index is 12.0. The van der Waals surface area contributed by atoms with Crippen LogP contribution in [0, 0.1) is 0 Å². The molecule has 1 aliphatic carbocycles. The molecule has 1 nitrogen and oxygen atoms in total. The molecule has 0 saturated heterocycles. The van der Waals surface area contributed by atoms with Gasteiger partial charge in [-0.25, -0.2) is 0 Å². The van der Waals surface area contributed by atoms with Crippen LogP contribution in [-0.4, -0.2) is 5.78 Å². The fraction of sp³-hybridized carbons (Fsp3) is 0.438. The minimum atomic E-state index is 0.336. The number of unbranched alkanes of at least 4 members (excludes halogenated alkanes) is 2. The zero-order valence-electron chi connectivity index (χ0n) is 10.5. The van der Waals surface area contributed by atoms with Gasteiger partial charge in [0.1, 0.15) is 0 Å². The first-order chi connectivity index (χ1) is 8.33. The van der Waals surface area contributed by atoms with Gasteiger partial charge < -0.3 is 0 Å². The van der Waals surface area contributed by atoms with E-state index < -0.39 is 0 Å². The number of benzene rings is 1. The molecule has 0 bridgehead atoms. The Bertz CT molecular complexity index is 414. The first kappa shape index (κ1) is 12.1. The van der Waals surface area contributed by atoms with Gasteiger partial charge in [0.2, 0.25) is 0 Å². The highest BCUT2D eigenvalue weighted by Gasteiger charge is 2.23. The van der Waals surface area contributed by atoms with Gasteiger partial charge in [-0.05, 0) is 24.8 Å². The average Bonchev–Trinajstić information content (AvgIpc) is 2.72. The monoisotopic (exact) mass is 228 g/mol. The Hall–Kier alpha value is -1.37. The first-order valence-corrected chi connectivity index (χ1v) is 6.63. The van der Waals surface area contributed by atoms with Gasteiger partial charge in [0, 0.05) is 12.0 Å². The maximum Gasteiger partial charge on any atom is 0.163 e. The Labute approximate surface area is 104 Å². The molecule has 0 aliphatic heterocycles. The summed E-state index contributed by atoms with van der Waals surface area (Å²) in [6, 6.07) is 10.1. The van der Waals surface area contributed by atoms with Crippen LogP contribution < -0.4 is 0 Å². The van der Waals surface area contributed by atoms with Crippen molar-refractivity contribution in [3.8, 4) is 0 Å². The van der Waals surface area contributed by atoms with Crippen LogP contribution in [-0.2, 0) is 4.79 Å². The van der Waals surface area contributed by atoms with Crippen LogP contribution in [0.25, 0.3) is 5.57 Å². The molecule has 2 rings (SSSR count). The molecule has 0 heterocycles. The Balaban J connectivity index is 2.20. The third kappa shape index (κ3) is 2.85. The molecule has 17 heavy (non-hydrogen) atoms. The SMILES string of the molecule is CCCCCC1=C(c2ccccc2)C(=O)CC1. The summed E-state index contributed by atoms with van der Waals surface area (Å²) in [4.78, 5) is 12.0. The van der Waals surface area contributed by atoms with Gasteiger partial charge in [0.25, 0.3) is 0 Å². The molecule has 0 amide bonds. The molecule has 0 aromatic heterocycles. The van der Waals surface area contributed by atoms with E-state index in [-0.39, 0.29) is 0 Å². The number of carbonyl (C=O) groups is 1. The highest BCUT2D eigenvalue weighted by molar-refractivity contribution is 6.23. The number of allylic oxidation sites excluding steroid dienone is 2. The number of rotatable bonds is 5. The third-order valence-corrected chi connectivity index (χ3v) is 3.43. The highest BCUT2D eigenvalue weighted by Crippen LogP contribution is 2.33. The van der Waals surface area contributed by atoms with Gasteiger partial charge >= 0.3 is 0 Å². The van der Waals surface area contributed by atoms with Gasteiger partial charge in [-0.1, -0.05) is 55.7 Å². The maximum absolute atomic E-state index is 12.0. The van der Waals surface area contributed by atoms with Crippen molar-refractivity contribution in [2.24, 2.45) is 0 Å². The smallest absolute Gasteiger partial charge is 0.163 e. The summed E-state index contributed by atoms with van der Waals surface area (Å²) < 4.78 is 0. The molecule has 1 aromatic carbocycles. The molecule has 0 radical (unpaired) electrons. The van der Waals surface area contributed by atoms with E-state index in [0.717, 1.165) is 24.0 Å². The van der Waals surface area contributed by atoms with E-state index in [9.17, 15) is 4.79 Å². The second-order valence-corrected chi connectivity index (χ2v) is 4.72. The lowest BCUT2D eigenvalue weighted by molar-refractivity contribution is -0.113. The zero-order valence-corrected chi connectivity index (χ0v) is 10.5.